The molecule has 4 heteroatoms. The van der Waals surface area contributed by atoms with Crippen LogP contribution in [0.1, 0.15) is 5.69 Å². The van der Waals surface area contributed by atoms with Crippen LogP contribution in [0.15, 0.2) is 48.5 Å². The van der Waals surface area contributed by atoms with Gasteiger partial charge in [0.2, 0.25) is 0 Å². The topological polar surface area (TPSA) is 14.2 Å². The van der Waals surface area contributed by atoms with Gasteiger partial charge >= 0.3 is 0 Å². The van der Waals surface area contributed by atoms with Crippen molar-refractivity contribution in [2.24, 2.45) is 7.05 Å². The molecule has 1 heterocycles. The Hall–Kier alpha value is -2.36. The quantitative estimate of drug-likeness (QED) is 0.702. The average molecular weight is 273 g/mol. The highest BCUT2D eigenvalue weighted by Gasteiger charge is 2.10. The lowest BCUT2D eigenvalue weighted by Crippen LogP contribution is -2.03. The van der Waals surface area contributed by atoms with E-state index < -0.39 is 5.82 Å². The summed E-state index contributed by atoms with van der Waals surface area (Å²) in [5, 5.41) is 0.805. The standard InChI is InChI=1S/C16H13F2NO/c1-19-12(9-11-5-4-7-14(18)16(11)19)10-20-15-8-3-2-6-13(15)17/h2-9H,10H2,1H3. The number of nitrogens with zero attached hydrogens (tertiary/aromatic N) is 1. The number of aromatic nitrogens is 1. The predicted molar refractivity (Wildman–Crippen MR) is 73.6 cm³/mol. The van der Waals surface area contributed by atoms with Crippen LogP contribution in [0.5, 0.6) is 5.75 Å². The van der Waals surface area contributed by atoms with E-state index in [0.717, 1.165) is 11.1 Å². The molecule has 0 saturated heterocycles. The molecule has 102 valence electrons. The number of ether oxygens (including phenoxy) is 1. The fourth-order valence-electron chi connectivity index (χ4n) is 2.27. The summed E-state index contributed by atoms with van der Waals surface area (Å²) in [5.74, 6) is -0.488. The first-order valence-corrected chi connectivity index (χ1v) is 6.27. The molecule has 0 atom stereocenters. The highest BCUT2D eigenvalue weighted by Crippen LogP contribution is 2.23. The lowest BCUT2D eigenvalue weighted by molar-refractivity contribution is 0.282. The molecular weight excluding hydrogens is 260 g/mol. The number of benzene rings is 2. The lowest BCUT2D eigenvalue weighted by atomic mass is 10.2. The summed E-state index contributed by atoms with van der Waals surface area (Å²) in [7, 11) is 1.77. The van der Waals surface area contributed by atoms with Crippen molar-refractivity contribution >= 4 is 10.9 Å². The second kappa shape index (κ2) is 4.96. The predicted octanol–water partition coefficient (Wildman–Crippen LogP) is 4.04. The van der Waals surface area contributed by atoms with Gasteiger partial charge in [-0.2, -0.15) is 0 Å². The lowest BCUT2D eigenvalue weighted by Gasteiger charge is -2.08. The van der Waals surface area contributed by atoms with Gasteiger partial charge in [0.1, 0.15) is 12.4 Å². The van der Waals surface area contributed by atoms with Crippen LogP contribution < -0.4 is 4.74 Å². The Morgan fingerprint density at radius 1 is 1.00 bits per heavy atom. The Morgan fingerprint density at radius 2 is 1.75 bits per heavy atom. The van der Waals surface area contributed by atoms with Crippen LogP contribution in [0.25, 0.3) is 10.9 Å². The van der Waals surface area contributed by atoms with Crippen LogP contribution in [0.2, 0.25) is 0 Å². The highest BCUT2D eigenvalue weighted by atomic mass is 19.1. The van der Waals surface area contributed by atoms with Gasteiger partial charge in [0.15, 0.2) is 11.6 Å². The molecule has 3 rings (SSSR count). The minimum Gasteiger partial charge on any atom is -0.484 e. The molecule has 0 spiro atoms. The molecule has 0 fully saturated rings. The minimum atomic E-state index is -0.405. The first-order chi connectivity index (χ1) is 9.66. The third kappa shape index (κ3) is 2.13. The summed E-state index contributed by atoms with van der Waals surface area (Å²) < 4.78 is 34.4. The summed E-state index contributed by atoms with van der Waals surface area (Å²) in [6, 6.07) is 13.0. The van der Waals surface area contributed by atoms with E-state index in [2.05, 4.69) is 0 Å². The van der Waals surface area contributed by atoms with E-state index in [1.54, 1.807) is 35.9 Å². The Morgan fingerprint density at radius 3 is 2.50 bits per heavy atom. The van der Waals surface area contributed by atoms with Gasteiger partial charge in [-0.3, -0.25) is 0 Å². The van der Waals surface area contributed by atoms with E-state index in [1.165, 1.54) is 12.1 Å². The zero-order valence-corrected chi connectivity index (χ0v) is 10.9. The summed E-state index contributed by atoms with van der Waals surface area (Å²) in [6.07, 6.45) is 0. The molecule has 0 amide bonds. The number of hydrogen-bond acceptors (Lipinski definition) is 1. The van der Waals surface area contributed by atoms with Gasteiger partial charge in [-0.05, 0) is 24.3 Å². The van der Waals surface area contributed by atoms with Crippen molar-refractivity contribution in [2.45, 2.75) is 6.61 Å². The van der Waals surface area contributed by atoms with E-state index in [1.807, 2.05) is 12.1 Å². The van der Waals surface area contributed by atoms with Gasteiger partial charge < -0.3 is 9.30 Å². The molecule has 0 saturated carbocycles. The molecule has 2 nitrogen and oxygen atoms in total. The Labute approximate surface area is 115 Å². The van der Waals surface area contributed by atoms with Crippen molar-refractivity contribution in [3.63, 3.8) is 0 Å². The number of aryl methyl sites for hydroxylation is 1. The molecule has 0 radical (unpaired) electrons. The molecule has 0 unspecified atom stereocenters. The SMILES string of the molecule is Cn1c(COc2ccccc2F)cc2cccc(F)c21. The van der Waals surface area contributed by atoms with Gasteiger partial charge in [0.05, 0.1) is 11.2 Å². The maximum atomic E-state index is 13.8. The van der Waals surface area contributed by atoms with Crippen molar-refractivity contribution < 1.29 is 13.5 Å². The van der Waals surface area contributed by atoms with E-state index >= 15 is 0 Å². The van der Waals surface area contributed by atoms with Gasteiger partial charge in [-0.1, -0.05) is 24.3 Å². The maximum Gasteiger partial charge on any atom is 0.165 e. The van der Waals surface area contributed by atoms with E-state index in [-0.39, 0.29) is 18.2 Å². The number of hydrogen-bond donors (Lipinski definition) is 0. The van der Waals surface area contributed by atoms with E-state index in [9.17, 15) is 8.78 Å². The van der Waals surface area contributed by atoms with Crippen molar-refractivity contribution in [3.8, 4) is 5.75 Å². The van der Waals surface area contributed by atoms with Crippen LogP contribution in [0, 0.1) is 11.6 Å². The molecule has 0 aliphatic heterocycles. The van der Waals surface area contributed by atoms with Crippen LogP contribution in [0.3, 0.4) is 0 Å². The Bertz CT molecular complexity index is 764. The van der Waals surface area contributed by atoms with Crippen molar-refractivity contribution in [2.75, 3.05) is 0 Å². The normalized spacial score (nSPS) is 10.9. The monoisotopic (exact) mass is 273 g/mol. The van der Waals surface area contributed by atoms with Crippen molar-refractivity contribution in [1.82, 2.24) is 4.57 Å². The Balaban J connectivity index is 1.90. The summed E-state index contributed by atoms with van der Waals surface area (Å²) >= 11 is 0. The first kappa shape index (κ1) is 12.7. The van der Waals surface area contributed by atoms with Crippen molar-refractivity contribution in [1.29, 1.82) is 0 Å². The molecule has 0 aliphatic carbocycles. The number of rotatable bonds is 3. The minimum absolute atomic E-state index is 0.186. The third-order valence-electron chi connectivity index (χ3n) is 3.32. The first-order valence-electron chi connectivity index (χ1n) is 6.27. The van der Waals surface area contributed by atoms with Crippen LogP contribution in [-0.2, 0) is 13.7 Å². The molecule has 1 aromatic heterocycles. The fourth-order valence-corrected chi connectivity index (χ4v) is 2.27. The average Bonchev–Trinajstić information content (AvgIpc) is 2.76. The fraction of sp³-hybridized carbons (Fsp3) is 0.125. The van der Waals surface area contributed by atoms with Crippen LogP contribution in [0.4, 0.5) is 8.78 Å². The van der Waals surface area contributed by atoms with Crippen LogP contribution >= 0.6 is 0 Å². The Kier molecular flexibility index (Phi) is 3.14. The molecule has 0 aliphatic rings. The van der Waals surface area contributed by atoms with E-state index in [0.29, 0.717) is 5.52 Å². The molecule has 2 aromatic carbocycles. The zero-order chi connectivity index (χ0) is 14.1. The van der Waals surface area contributed by atoms with Gasteiger partial charge in [-0.25, -0.2) is 8.78 Å². The molecule has 3 aromatic rings. The van der Waals surface area contributed by atoms with Crippen LogP contribution in [-0.4, -0.2) is 4.57 Å². The number of fused-ring (bicyclic) bond motifs is 1. The van der Waals surface area contributed by atoms with Crippen molar-refractivity contribution in [3.05, 3.63) is 65.9 Å². The summed E-state index contributed by atoms with van der Waals surface area (Å²) in [4.78, 5) is 0. The molecular formula is C16H13F2NO. The second-order valence-electron chi connectivity index (χ2n) is 4.59. The smallest absolute Gasteiger partial charge is 0.165 e. The summed E-state index contributed by atoms with van der Waals surface area (Å²) in [6.45, 7) is 0.186. The molecule has 20 heavy (non-hydrogen) atoms. The molecule has 0 N–H and O–H groups in total. The molecule has 0 bridgehead atoms. The third-order valence-corrected chi connectivity index (χ3v) is 3.32. The second-order valence-corrected chi connectivity index (χ2v) is 4.59. The van der Waals surface area contributed by atoms with E-state index in [4.69, 9.17) is 4.74 Å². The zero-order valence-electron chi connectivity index (χ0n) is 10.9. The number of para-hydroxylation sites is 2. The van der Waals surface area contributed by atoms with Gasteiger partial charge in [0.25, 0.3) is 0 Å². The summed E-state index contributed by atoms with van der Waals surface area (Å²) in [5.41, 5.74) is 1.31. The van der Waals surface area contributed by atoms with Gasteiger partial charge in [0, 0.05) is 12.4 Å². The highest BCUT2D eigenvalue weighted by molar-refractivity contribution is 5.81. The maximum absolute atomic E-state index is 13.8. The largest absolute Gasteiger partial charge is 0.484 e. The number of halogens is 2. The van der Waals surface area contributed by atoms with Gasteiger partial charge in [-0.15, -0.1) is 0 Å².